The average molecular weight is 434 g/mol. The minimum absolute atomic E-state index is 0.836. The number of hydrogen-bond acceptors (Lipinski definition) is 3. The summed E-state index contributed by atoms with van der Waals surface area (Å²) >= 11 is 0. The van der Waals surface area contributed by atoms with Crippen molar-refractivity contribution < 1.29 is 0 Å². The van der Waals surface area contributed by atoms with E-state index in [1.165, 1.54) is 32.3 Å². The molecule has 0 spiro atoms. The number of pyridine rings is 3. The molecule has 0 saturated carbocycles. The standard InChI is InChI=1S/C31H19N3/c1-2-17-32-27(10-1)26-9-5-19-34-31(26)30-25(8-4-18-33-30)23-15-13-22-12-11-20-6-3-7-21-14-16-24(23)29(22)28(20)21/h1-19H. The van der Waals surface area contributed by atoms with Crippen LogP contribution < -0.4 is 0 Å². The van der Waals surface area contributed by atoms with Gasteiger partial charge in [-0.3, -0.25) is 15.0 Å². The third-order valence-electron chi connectivity index (χ3n) is 6.60. The largest absolute Gasteiger partial charge is 0.256 e. The lowest BCUT2D eigenvalue weighted by atomic mass is 9.89. The maximum atomic E-state index is 4.83. The van der Waals surface area contributed by atoms with Crippen LogP contribution in [0.15, 0.2) is 116 Å². The summed E-state index contributed by atoms with van der Waals surface area (Å²) in [7, 11) is 0. The monoisotopic (exact) mass is 433 g/mol. The predicted molar refractivity (Wildman–Crippen MR) is 140 cm³/mol. The zero-order chi connectivity index (χ0) is 22.5. The summed E-state index contributed by atoms with van der Waals surface area (Å²) in [6, 6.07) is 33.9. The molecule has 0 aliphatic carbocycles. The van der Waals surface area contributed by atoms with E-state index in [0.717, 1.165) is 33.8 Å². The van der Waals surface area contributed by atoms with E-state index in [0.29, 0.717) is 0 Å². The fourth-order valence-corrected chi connectivity index (χ4v) is 5.10. The molecule has 3 nitrogen and oxygen atoms in total. The van der Waals surface area contributed by atoms with Crippen LogP contribution in [0.5, 0.6) is 0 Å². The van der Waals surface area contributed by atoms with Crippen molar-refractivity contribution in [3.63, 3.8) is 0 Å². The van der Waals surface area contributed by atoms with Gasteiger partial charge in [-0.05, 0) is 68.2 Å². The molecule has 0 bridgehead atoms. The van der Waals surface area contributed by atoms with Gasteiger partial charge in [-0.15, -0.1) is 0 Å². The van der Waals surface area contributed by atoms with Crippen molar-refractivity contribution in [1.82, 2.24) is 15.0 Å². The number of aromatic nitrogens is 3. The first-order valence-corrected chi connectivity index (χ1v) is 11.4. The van der Waals surface area contributed by atoms with E-state index in [1.807, 2.05) is 48.9 Å². The Hall–Kier alpha value is -4.63. The molecular formula is C31H19N3. The normalized spacial score (nSPS) is 11.5. The molecule has 4 aromatic carbocycles. The van der Waals surface area contributed by atoms with Crippen LogP contribution >= 0.6 is 0 Å². The summed E-state index contributed by atoms with van der Waals surface area (Å²) in [5, 5.41) is 7.63. The molecule has 0 N–H and O–H groups in total. The SMILES string of the molecule is c1ccc(-c2cccnc2-c2ncccc2-c2ccc3ccc4cccc5ccc2c3c45)nc1. The summed E-state index contributed by atoms with van der Waals surface area (Å²) in [4.78, 5) is 14.2. The van der Waals surface area contributed by atoms with Crippen LogP contribution in [0, 0.1) is 0 Å². The molecule has 0 unspecified atom stereocenters. The van der Waals surface area contributed by atoms with Crippen molar-refractivity contribution in [3.05, 3.63) is 116 Å². The van der Waals surface area contributed by atoms with Gasteiger partial charge in [0, 0.05) is 29.7 Å². The van der Waals surface area contributed by atoms with Gasteiger partial charge in [-0.1, -0.05) is 66.7 Å². The lowest BCUT2D eigenvalue weighted by molar-refractivity contribution is 1.23. The molecular weight excluding hydrogens is 414 g/mol. The highest BCUT2D eigenvalue weighted by atomic mass is 14.8. The maximum absolute atomic E-state index is 4.83. The van der Waals surface area contributed by atoms with E-state index in [-0.39, 0.29) is 0 Å². The Kier molecular flexibility index (Phi) is 4.15. The van der Waals surface area contributed by atoms with E-state index in [9.17, 15) is 0 Å². The number of nitrogens with zero attached hydrogens (tertiary/aromatic N) is 3. The fourth-order valence-electron chi connectivity index (χ4n) is 5.10. The van der Waals surface area contributed by atoms with Gasteiger partial charge >= 0.3 is 0 Å². The second kappa shape index (κ2) is 7.46. The van der Waals surface area contributed by atoms with Gasteiger partial charge in [0.25, 0.3) is 0 Å². The molecule has 34 heavy (non-hydrogen) atoms. The third kappa shape index (κ3) is 2.81. The summed E-state index contributed by atoms with van der Waals surface area (Å²) in [5.41, 5.74) is 5.78. The fraction of sp³-hybridized carbons (Fsp3) is 0. The van der Waals surface area contributed by atoms with Gasteiger partial charge in [0.15, 0.2) is 0 Å². The van der Waals surface area contributed by atoms with Crippen LogP contribution in [0.4, 0.5) is 0 Å². The van der Waals surface area contributed by atoms with Crippen molar-refractivity contribution in [2.24, 2.45) is 0 Å². The molecule has 0 amide bonds. The zero-order valence-corrected chi connectivity index (χ0v) is 18.3. The molecule has 3 aromatic heterocycles. The van der Waals surface area contributed by atoms with E-state index in [4.69, 9.17) is 9.97 Å². The first-order chi connectivity index (χ1) is 16.9. The molecule has 3 heteroatoms. The highest BCUT2D eigenvalue weighted by Crippen LogP contribution is 2.42. The van der Waals surface area contributed by atoms with E-state index < -0.39 is 0 Å². The van der Waals surface area contributed by atoms with Crippen LogP contribution in [0.25, 0.3) is 66.1 Å². The molecule has 0 saturated heterocycles. The Morgan fingerprint density at radius 2 is 1.03 bits per heavy atom. The molecule has 0 aliphatic heterocycles. The predicted octanol–water partition coefficient (Wildman–Crippen LogP) is 7.77. The highest BCUT2D eigenvalue weighted by molar-refractivity contribution is 6.25. The topological polar surface area (TPSA) is 38.7 Å². The average Bonchev–Trinajstić information content (AvgIpc) is 2.92. The van der Waals surface area contributed by atoms with E-state index in [2.05, 4.69) is 71.7 Å². The van der Waals surface area contributed by atoms with Gasteiger partial charge in [-0.2, -0.15) is 0 Å². The quantitative estimate of drug-likeness (QED) is 0.267. The zero-order valence-electron chi connectivity index (χ0n) is 18.3. The lowest BCUT2D eigenvalue weighted by Gasteiger charge is -2.16. The minimum atomic E-state index is 0.836. The summed E-state index contributed by atoms with van der Waals surface area (Å²) in [5.74, 6) is 0. The van der Waals surface area contributed by atoms with Crippen LogP contribution in [0.3, 0.4) is 0 Å². The Labute approximate surface area is 196 Å². The summed E-state index contributed by atoms with van der Waals surface area (Å²) in [6.07, 6.45) is 5.47. The Morgan fingerprint density at radius 1 is 0.382 bits per heavy atom. The van der Waals surface area contributed by atoms with Crippen LogP contribution in [0.1, 0.15) is 0 Å². The molecule has 7 rings (SSSR count). The molecule has 0 atom stereocenters. The first-order valence-electron chi connectivity index (χ1n) is 11.4. The van der Waals surface area contributed by atoms with Crippen LogP contribution in [-0.2, 0) is 0 Å². The second-order valence-electron chi connectivity index (χ2n) is 8.48. The summed E-state index contributed by atoms with van der Waals surface area (Å²) < 4.78 is 0. The molecule has 0 fully saturated rings. The molecule has 7 aromatic rings. The van der Waals surface area contributed by atoms with Gasteiger partial charge in [0.2, 0.25) is 0 Å². The third-order valence-corrected chi connectivity index (χ3v) is 6.60. The minimum Gasteiger partial charge on any atom is -0.256 e. The molecule has 0 aliphatic rings. The number of rotatable bonds is 3. The number of benzene rings is 4. The Bertz CT molecular complexity index is 1790. The van der Waals surface area contributed by atoms with Gasteiger partial charge < -0.3 is 0 Å². The van der Waals surface area contributed by atoms with Crippen molar-refractivity contribution >= 4 is 32.3 Å². The van der Waals surface area contributed by atoms with Gasteiger partial charge in [-0.25, -0.2) is 0 Å². The molecule has 3 heterocycles. The van der Waals surface area contributed by atoms with Crippen molar-refractivity contribution in [2.45, 2.75) is 0 Å². The van der Waals surface area contributed by atoms with Crippen molar-refractivity contribution in [1.29, 1.82) is 0 Å². The first kappa shape index (κ1) is 18.9. The lowest BCUT2D eigenvalue weighted by Crippen LogP contribution is -1.96. The summed E-state index contributed by atoms with van der Waals surface area (Å²) in [6.45, 7) is 0. The van der Waals surface area contributed by atoms with Gasteiger partial charge in [0.05, 0.1) is 17.1 Å². The van der Waals surface area contributed by atoms with Crippen molar-refractivity contribution in [3.8, 4) is 33.8 Å². The smallest absolute Gasteiger partial charge is 0.0986 e. The van der Waals surface area contributed by atoms with Crippen LogP contribution in [0.2, 0.25) is 0 Å². The maximum Gasteiger partial charge on any atom is 0.0986 e. The molecule has 0 radical (unpaired) electrons. The number of hydrogen-bond donors (Lipinski definition) is 0. The van der Waals surface area contributed by atoms with E-state index >= 15 is 0 Å². The van der Waals surface area contributed by atoms with Gasteiger partial charge in [0.1, 0.15) is 0 Å². The van der Waals surface area contributed by atoms with Crippen LogP contribution in [-0.4, -0.2) is 15.0 Å². The highest BCUT2D eigenvalue weighted by Gasteiger charge is 2.18. The van der Waals surface area contributed by atoms with E-state index in [1.54, 1.807) is 0 Å². The van der Waals surface area contributed by atoms with Crippen molar-refractivity contribution in [2.75, 3.05) is 0 Å². The second-order valence-corrected chi connectivity index (χ2v) is 8.48. The Morgan fingerprint density at radius 3 is 1.79 bits per heavy atom. The molecule has 158 valence electrons. The Balaban J connectivity index is 1.53.